The van der Waals surface area contributed by atoms with E-state index < -0.39 is 0 Å². The predicted molar refractivity (Wildman–Crippen MR) is 53.3 cm³/mol. The lowest BCUT2D eigenvalue weighted by molar-refractivity contribution is 0.164. The zero-order valence-electron chi connectivity index (χ0n) is 8.33. The summed E-state index contributed by atoms with van der Waals surface area (Å²) < 4.78 is 2.04. The van der Waals surface area contributed by atoms with Gasteiger partial charge >= 0.3 is 0 Å². The van der Waals surface area contributed by atoms with Gasteiger partial charge in [-0.05, 0) is 25.2 Å². The minimum absolute atomic E-state index is 0.643. The van der Waals surface area contributed by atoms with E-state index in [1.807, 2.05) is 10.7 Å². The molecule has 1 aliphatic carbocycles. The lowest BCUT2D eigenvalue weighted by Gasteiger charge is -2.33. The molecule has 2 rings (SSSR count). The number of nitrogens with zero attached hydrogens (tertiary/aromatic N) is 2. The van der Waals surface area contributed by atoms with Gasteiger partial charge in [0, 0.05) is 18.3 Å². The summed E-state index contributed by atoms with van der Waals surface area (Å²) in [5, 5.41) is 4.26. The number of anilines is 1. The van der Waals surface area contributed by atoms with E-state index >= 15 is 0 Å². The van der Waals surface area contributed by atoms with Crippen LogP contribution in [0.1, 0.15) is 25.5 Å². The molecule has 0 saturated heterocycles. The third-order valence-corrected chi connectivity index (χ3v) is 3.21. The van der Waals surface area contributed by atoms with E-state index in [9.17, 15) is 0 Å². The zero-order chi connectivity index (χ0) is 9.42. The molecule has 1 aliphatic rings. The third kappa shape index (κ3) is 1.55. The lowest BCUT2D eigenvalue weighted by atomic mass is 9.75. The first-order valence-corrected chi connectivity index (χ1v) is 4.96. The van der Waals surface area contributed by atoms with Crippen LogP contribution in [0.4, 0.5) is 5.82 Å². The van der Waals surface area contributed by atoms with Gasteiger partial charge in [-0.3, -0.25) is 4.68 Å². The zero-order valence-corrected chi connectivity index (χ0v) is 8.33. The van der Waals surface area contributed by atoms with Crippen molar-refractivity contribution in [3.8, 4) is 0 Å². The van der Waals surface area contributed by atoms with Crippen LogP contribution in [-0.4, -0.2) is 9.78 Å². The van der Waals surface area contributed by atoms with Gasteiger partial charge in [-0.15, -0.1) is 0 Å². The fourth-order valence-electron chi connectivity index (χ4n) is 1.95. The van der Waals surface area contributed by atoms with Crippen LogP contribution < -0.4 is 5.73 Å². The highest BCUT2D eigenvalue weighted by Crippen LogP contribution is 2.34. The number of aryl methyl sites for hydroxylation is 1. The summed E-state index contributed by atoms with van der Waals surface area (Å²) in [4.78, 5) is 0. The molecule has 0 unspecified atom stereocenters. The smallest absolute Gasteiger partial charge is 0.145 e. The minimum Gasteiger partial charge on any atom is -0.382 e. The van der Waals surface area contributed by atoms with Gasteiger partial charge in [0.15, 0.2) is 0 Å². The average Bonchev–Trinajstić information content (AvgIpc) is 2.38. The molecular weight excluding hydrogens is 162 g/mol. The van der Waals surface area contributed by atoms with Crippen LogP contribution in [0.3, 0.4) is 0 Å². The number of nitrogen functional groups attached to an aromatic ring is 1. The molecule has 0 amide bonds. The van der Waals surface area contributed by atoms with Crippen molar-refractivity contribution in [3.63, 3.8) is 0 Å². The van der Waals surface area contributed by atoms with Gasteiger partial charge in [0.25, 0.3) is 0 Å². The molecular formula is C10H17N3. The number of nitrogens with two attached hydrogens (primary N) is 1. The van der Waals surface area contributed by atoms with E-state index in [0.29, 0.717) is 5.82 Å². The molecule has 2 N–H and O–H groups in total. The summed E-state index contributed by atoms with van der Waals surface area (Å²) in [6, 6.07) is 1.93. The lowest BCUT2D eigenvalue weighted by Crippen LogP contribution is -2.28. The van der Waals surface area contributed by atoms with Crippen LogP contribution in [0.15, 0.2) is 6.07 Å². The SMILES string of the molecule is Cc1cc(N)nn1C[C@H]1CC[C@H]1C. The average molecular weight is 179 g/mol. The third-order valence-electron chi connectivity index (χ3n) is 3.21. The fraction of sp³-hybridized carbons (Fsp3) is 0.700. The second-order valence-corrected chi connectivity index (χ2v) is 4.21. The maximum absolute atomic E-state index is 5.62. The van der Waals surface area contributed by atoms with Gasteiger partial charge in [0.2, 0.25) is 0 Å². The van der Waals surface area contributed by atoms with Gasteiger partial charge in [0.05, 0.1) is 0 Å². The monoisotopic (exact) mass is 179 g/mol. The number of rotatable bonds is 2. The van der Waals surface area contributed by atoms with E-state index in [1.54, 1.807) is 0 Å². The molecule has 2 atom stereocenters. The molecule has 3 heteroatoms. The van der Waals surface area contributed by atoms with Crippen molar-refractivity contribution < 1.29 is 0 Å². The molecule has 72 valence electrons. The molecule has 13 heavy (non-hydrogen) atoms. The maximum Gasteiger partial charge on any atom is 0.145 e. The van der Waals surface area contributed by atoms with Gasteiger partial charge in [-0.2, -0.15) is 5.10 Å². The highest BCUT2D eigenvalue weighted by Gasteiger charge is 2.27. The van der Waals surface area contributed by atoms with Crippen molar-refractivity contribution in [3.05, 3.63) is 11.8 Å². The Morgan fingerprint density at radius 1 is 1.62 bits per heavy atom. The Hall–Kier alpha value is -0.990. The summed E-state index contributed by atoms with van der Waals surface area (Å²) in [5.74, 6) is 2.33. The second kappa shape index (κ2) is 3.05. The van der Waals surface area contributed by atoms with E-state index in [0.717, 1.165) is 18.4 Å². The topological polar surface area (TPSA) is 43.8 Å². The summed E-state index contributed by atoms with van der Waals surface area (Å²) in [6.07, 6.45) is 2.72. The van der Waals surface area contributed by atoms with E-state index in [4.69, 9.17) is 5.73 Å². The Kier molecular flexibility index (Phi) is 2.02. The first kappa shape index (κ1) is 8.60. The largest absolute Gasteiger partial charge is 0.382 e. The molecule has 1 saturated carbocycles. The predicted octanol–water partition coefficient (Wildman–Crippen LogP) is 1.82. The van der Waals surface area contributed by atoms with Crippen LogP contribution in [0.25, 0.3) is 0 Å². The van der Waals surface area contributed by atoms with Gasteiger partial charge in [0.1, 0.15) is 5.82 Å². The van der Waals surface area contributed by atoms with E-state index in [-0.39, 0.29) is 0 Å². The molecule has 3 nitrogen and oxygen atoms in total. The van der Waals surface area contributed by atoms with Crippen LogP contribution in [0.5, 0.6) is 0 Å². The Balaban J connectivity index is 2.04. The van der Waals surface area contributed by atoms with Crippen molar-refractivity contribution in [1.82, 2.24) is 9.78 Å². The number of hydrogen-bond donors (Lipinski definition) is 1. The van der Waals surface area contributed by atoms with Crippen molar-refractivity contribution in [1.29, 1.82) is 0 Å². The summed E-state index contributed by atoms with van der Waals surface area (Å²) in [6.45, 7) is 5.42. The summed E-state index contributed by atoms with van der Waals surface area (Å²) in [5.41, 5.74) is 6.79. The Labute approximate surface area is 78.9 Å². The Bertz CT molecular complexity index is 303. The first-order valence-electron chi connectivity index (χ1n) is 4.96. The second-order valence-electron chi connectivity index (χ2n) is 4.21. The minimum atomic E-state index is 0.643. The number of aromatic nitrogens is 2. The highest BCUT2D eigenvalue weighted by molar-refractivity contribution is 5.28. The molecule has 0 bridgehead atoms. The standard InChI is InChI=1S/C10H17N3/c1-7-3-4-9(7)6-13-8(2)5-10(11)12-13/h5,7,9H,3-4,6H2,1-2H3,(H2,11,12)/t7-,9-/m1/s1. The van der Waals surface area contributed by atoms with Gasteiger partial charge in [-0.1, -0.05) is 13.3 Å². The van der Waals surface area contributed by atoms with Crippen molar-refractivity contribution in [2.24, 2.45) is 11.8 Å². The van der Waals surface area contributed by atoms with Crippen molar-refractivity contribution in [2.45, 2.75) is 33.2 Å². The van der Waals surface area contributed by atoms with Crippen molar-refractivity contribution in [2.75, 3.05) is 5.73 Å². The molecule has 0 aliphatic heterocycles. The maximum atomic E-state index is 5.62. The Morgan fingerprint density at radius 3 is 2.77 bits per heavy atom. The van der Waals surface area contributed by atoms with Crippen LogP contribution >= 0.6 is 0 Å². The summed E-state index contributed by atoms with van der Waals surface area (Å²) in [7, 11) is 0. The first-order chi connectivity index (χ1) is 6.16. The van der Waals surface area contributed by atoms with Gasteiger partial charge < -0.3 is 5.73 Å². The van der Waals surface area contributed by atoms with Crippen LogP contribution in [0, 0.1) is 18.8 Å². The van der Waals surface area contributed by atoms with Crippen LogP contribution in [0.2, 0.25) is 0 Å². The summed E-state index contributed by atoms with van der Waals surface area (Å²) >= 11 is 0. The molecule has 1 aromatic rings. The molecule has 0 aromatic carbocycles. The quantitative estimate of drug-likeness (QED) is 0.752. The fourth-order valence-corrected chi connectivity index (χ4v) is 1.95. The van der Waals surface area contributed by atoms with Crippen LogP contribution in [-0.2, 0) is 6.54 Å². The molecule has 0 spiro atoms. The van der Waals surface area contributed by atoms with E-state index in [2.05, 4.69) is 18.9 Å². The van der Waals surface area contributed by atoms with Gasteiger partial charge in [-0.25, -0.2) is 0 Å². The normalized spacial score (nSPS) is 27.2. The molecule has 1 fully saturated rings. The van der Waals surface area contributed by atoms with E-state index in [1.165, 1.54) is 18.5 Å². The van der Waals surface area contributed by atoms with Crippen molar-refractivity contribution >= 4 is 5.82 Å². The molecule has 1 heterocycles. The Morgan fingerprint density at radius 2 is 2.38 bits per heavy atom. The molecule has 0 radical (unpaired) electrons. The number of hydrogen-bond acceptors (Lipinski definition) is 2. The molecule has 1 aromatic heterocycles. The highest BCUT2D eigenvalue weighted by atomic mass is 15.3.